The van der Waals surface area contributed by atoms with Gasteiger partial charge < -0.3 is 15.7 Å². The molecule has 84 valence electrons. The Kier molecular flexibility index (Phi) is 5.72. The molecule has 1 amide bonds. The van der Waals surface area contributed by atoms with E-state index in [1.807, 2.05) is 20.8 Å². The summed E-state index contributed by atoms with van der Waals surface area (Å²) in [5.74, 6) is -0.0301. The van der Waals surface area contributed by atoms with Gasteiger partial charge in [-0.2, -0.15) is 0 Å². The van der Waals surface area contributed by atoms with E-state index in [2.05, 4.69) is 10.6 Å². The zero-order valence-electron chi connectivity index (χ0n) is 9.55. The van der Waals surface area contributed by atoms with Crippen LogP contribution in [0.15, 0.2) is 0 Å². The summed E-state index contributed by atoms with van der Waals surface area (Å²) in [5, 5.41) is 14.7. The normalized spacial score (nSPS) is 13.8. The van der Waals surface area contributed by atoms with E-state index in [0.717, 1.165) is 6.42 Å². The van der Waals surface area contributed by atoms with Gasteiger partial charge in [-0.25, -0.2) is 0 Å². The average Bonchev–Trinajstić information content (AvgIpc) is 2.02. The highest BCUT2D eigenvalue weighted by Gasteiger charge is 2.17. The summed E-state index contributed by atoms with van der Waals surface area (Å²) in [7, 11) is 0. The van der Waals surface area contributed by atoms with Gasteiger partial charge in [-0.1, -0.05) is 6.92 Å². The van der Waals surface area contributed by atoms with Gasteiger partial charge in [-0.3, -0.25) is 4.79 Å². The largest absolute Gasteiger partial charge is 0.392 e. The number of aliphatic hydroxyl groups is 1. The van der Waals surface area contributed by atoms with Gasteiger partial charge >= 0.3 is 0 Å². The number of carbonyl (C=O) groups is 1. The molecule has 0 aliphatic rings. The summed E-state index contributed by atoms with van der Waals surface area (Å²) in [6.07, 6.45) is 0.483. The maximum Gasteiger partial charge on any atom is 0.234 e. The average molecular weight is 202 g/mol. The number of amides is 1. The van der Waals surface area contributed by atoms with E-state index in [0.29, 0.717) is 6.54 Å². The fourth-order valence-corrected chi connectivity index (χ4v) is 0.905. The van der Waals surface area contributed by atoms with Crippen molar-refractivity contribution in [3.63, 3.8) is 0 Å². The summed E-state index contributed by atoms with van der Waals surface area (Å²) in [5.41, 5.74) is -0.149. The number of rotatable bonds is 6. The summed E-state index contributed by atoms with van der Waals surface area (Å²) in [4.78, 5) is 11.3. The van der Waals surface area contributed by atoms with Crippen LogP contribution in [0.5, 0.6) is 0 Å². The highest BCUT2D eigenvalue weighted by Crippen LogP contribution is 2.05. The maximum absolute atomic E-state index is 11.3. The summed E-state index contributed by atoms with van der Waals surface area (Å²) in [6.45, 7) is 8.39. The highest BCUT2D eigenvalue weighted by molar-refractivity contribution is 5.78. The Morgan fingerprint density at radius 1 is 1.50 bits per heavy atom. The van der Waals surface area contributed by atoms with Crippen molar-refractivity contribution in [1.82, 2.24) is 10.6 Å². The molecule has 0 saturated heterocycles. The van der Waals surface area contributed by atoms with E-state index in [1.54, 1.807) is 6.92 Å². The predicted octanol–water partition coefficient (Wildman–Crippen LogP) is 0.262. The topological polar surface area (TPSA) is 61.4 Å². The van der Waals surface area contributed by atoms with Crippen LogP contribution >= 0.6 is 0 Å². The van der Waals surface area contributed by atoms with Crippen molar-refractivity contribution in [3.05, 3.63) is 0 Å². The fourth-order valence-electron chi connectivity index (χ4n) is 0.905. The van der Waals surface area contributed by atoms with Crippen molar-refractivity contribution in [2.45, 2.75) is 45.8 Å². The number of nitrogens with one attached hydrogen (secondary N) is 2. The molecule has 0 aliphatic carbocycles. The molecule has 14 heavy (non-hydrogen) atoms. The van der Waals surface area contributed by atoms with Crippen molar-refractivity contribution in [1.29, 1.82) is 0 Å². The molecule has 4 nitrogen and oxygen atoms in total. The third kappa shape index (κ3) is 6.86. The number of hydrogen-bond acceptors (Lipinski definition) is 3. The molecule has 0 fully saturated rings. The molecular weight excluding hydrogens is 180 g/mol. The third-order valence-corrected chi connectivity index (χ3v) is 2.09. The van der Waals surface area contributed by atoms with Crippen LogP contribution < -0.4 is 10.6 Å². The van der Waals surface area contributed by atoms with Gasteiger partial charge in [0, 0.05) is 12.1 Å². The molecule has 0 heterocycles. The molecule has 1 atom stereocenters. The highest BCUT2D eigenvalue weighted by atomic mass is 16.3. The summed E-state index contributed by atoms with van der Waals surface area (Å²) >= 11 is 0. The second kappa shape index (κ2) is 5.98. The lowest BCUT2D eigenvalue weighted by Gasteiger charge is -2.24. The lowest BCUT2D eigenvalue weighted by atomic mass is 10.0. The first-order valence-corrected chi connectivity index (χ1v) is 5.07. The van der Waals surface area contributed by atoms with E-state index in [1.165, 1.54) is 0 Å². The van der Waals surface area contributed by atoms with Crippen molar-refractivity contribution in [2.75, 3.05) is 13.1 Å². The number of hydrogen-bond donors (Lipinski definition) is 3. The monoisotopic (exact) mass is 202 g/mol. The van der Waals surface area contributed by atoms with Crippen LogP contribution in [0.2, 0.25) is 0 Å². The zero-order valence-corrected chi connectivity index (χ0v) is 9.55. The van der Waals surface area contributed by atoms with Crippen LogP contribution in [0.1, 0.15) is 34.1 Å². The number of carbonyl (C=O) groups excluding carboxylic acids is 1. The van der Waals surface area contributed by atoms with E-state index >= 15 is 0 Å². The Morgan fingerprint density at radius 3 is 2.50 bits per heavy atom. The van der Waals surface area contributed by atoms with Crippen molar-refractivity contribution in [3.8, 4) is 0 Å². The van der Waals surface area contributed by atoms with Gasteiger partial charge in [-0.05, 0) is 27.2 Å². The van der Waals surface area contributed by atoms with E-state index in [9.17, 15) is 4.79 Å². The van der Waals surface area contributed by atoms with Crippen LogP contribution in [0.4, 0.5) is 0 Å². The van der Waals surface area contributed by atoms with Gasteiger partial charge in [-0.15, -0.1) is 0 Å². The Morgan fingerprint density at radius 2 is 2.07 bits per heavy atom. The lowest BCUT2D eigenvalue weighted by molar-refractivity contribution is -0.121. The van der Waals surface area contributed by atoms with E-state index in [-0.39, 0.29) is 18.0 Å². The first-order valence-electron chi connectivity index (χ1n) is 5.07. The lowest BCUT2D eigenvalue weighted by Crippen LogP contribution is -2.47. The zero-order chi connectivity index (χ0) is 11.2. The van der Waals surface area contributed by atoms with Crippen molar-refractivity contribution in [2.24, 2.45) is 0 Å². The summed E-state index contributed by atoms with van der Waals surface area (Å²) in [6, 6.07) is 0. The fraction of sp³-hybridized carbons (Fsp3) is 0.900. The van der Waals surface area contributed by atoms with Crippen molar-refractivity contribution >= 4 is 5.91 Å². The molecule has 3 N–H and O–H groups in total. The SMILES string of the molecule is CCC(C)(C)NC(=O)CNCC(C)O. The van der Waals surface area contributed by atoms with Gasteiger partial charge in [0.15, 0.2) is 0 Å². The Bertz CT molecular complexity index is 179. The van der Waals surface area contributed by atoms with Crippen LogP contribution in [0, 0.1) is 0 Å². The molecule has 0 rings (SSSR count). The van der Waals surface area contributed by atoms with Crippen LogP contribution in [-0.4, -0.2) is 35.7 Å². The molecule has 0 spiro atoms. The van der Waals surface area contributed by atoms with E-state index in [4.69, 9.17) is 5.11 Å². The molecular formula is C10H22N2O2. The molecule has 0 aromatic carbocycles. The smallest absolute Gasteiger partial charge is 0.234 e. The molecule has 0 radical (unpaired) electrons. The minimum Gasteiger partial charge on any atom is -0.392 e. The minimum atomic E-state index is -0.415. The molecule has 0 aliphatic heterocycles. The molecule has 0 aromatic rings. The van der Waals surface area contributed by atoms with Crippen LogP contribution in [0.25, 0.3) is 0 Å². The Balaban J connectivity index is 3.66. The standard InChI is InChI=1S/C10H22N2O2/c1-5-10(3,4)12-9(14)7-11-6-8(2)13/h8,11,13H,5-7H2,1-4H3,(H,12,14). The van der Waals surface area contributed by atoms with Gasteiger partial charge in [0.25, 0.3) is 0 Å². The molecule has 4 heteroatoms. The predicted molar refractivity (Wildman–Crippen MR) is 57.1 cm³/mol. The Hall–Kier alpha value is -0.610. The quantitative estimate of drug-likeness (QED) is 0.579. The van der Waals surface area contributed by atoms with Gasteiger partial charge in [0.2, 0.25) is 5.91 Å². The molecule has 1 unspecified atom stereocenters. The maximum atomic E-state index is 11.3. The van der Waals surface area contributed by atoms with Gasteiger partial charge in [0.1, 0.15) is 0 Å². The first kappa shape index (κ1) is 13.4. The summed E-state index contributed by atoms with van der Waals surface area (Å²) < 4.78 is 0. The van der Waals surface area contributed by atoms with E-state index < -0.39 is 6.10 Å². The second-order valence-electron chi connectivity index (χ2n) is 4.27. The van der Waals surface area contributed by atoms with Crippen LogP contribution in [-0.2, 0) is 4.79 Å². The molecule has 0 saturated carbocycles. The van der Waals surface area contributed by atoms with Gasteiger partial charge in [0.05, 0.1) is 12.6 Å². The number of aliphatic hydroxyl groups excluding tert-OH is 1. The molecule has 0 aromatic heterocycles. The Labute approximate surface area is 86.1 Å². The second-order valence-corrected chi connectivity index (χ2v) is 4.27. The molecule has 0 bridgehead atoms. The van der Waals surface area contributed by atoms with Crippen molar-refractivity contribution < 1.29 is 9.90 Å². The third-order valence-electron chi connectivity index (χ3n) is 2.09. The van der Waals surface area contributed by atoms with Crippen LogP contribution in [0.3, 0.4) is 0 Å². The first-order chi connectivity index (χ1) is 6.37. The minimum absolute atomic E-state index is 0.0301.